The molecule has 0 unspecified atom stereocenters. The van der Waals surface area contributed by atoms with Crippen molar-refractivity contribution in [2.24, 2.45) is 10.7 Å². The number of guanidine groups is 1. The summed E-state index contributed by atoms with van der Waals surface area (Å²) in [7, 11) is 0. The van der Waals surface area contributed by atoms with Gasteiger partial charge >= 0.3 is 0 Å². The molecule has 0 aliphatic rings. The molecule has 1 heterocycles. The van der Waals surface area contributed by atoms with Gasteiger partial charge in [-0.05, 0) is 54.8 Å². The fourth-order valence-electron chi connectivity index (χ4n) is 2.10. The fraction of sp³-hybridized carbons (Fsp3) is 0.368. The molecule has 128 valence electrons. The van der Waals surface area contributed by atoms with Crippen LogP contribution in [0.1, 0.15) is 37.5 Å². The second kappa shape index (κ2) is 7.71. The number of rotatable bonds is 4. The summed E-state index contributed by atoms with van der Waals surface area (Å²) in [6.07, 6.45) is 1.83. The number of hydrogen-bond acceptors (Lipinski definition) is 3. The molecule has 0 spiro atoms. The molecular formula is C19H26N4S. The Balaban J connectivity index is 2.01. The molecule has 1 aromatic heterocycles. The van der Waals surface area contributed by atoms with Gasteiger partial charge in [0.2, 0.25) is 0 Å². The van der Waals surface area contributed by atoms with Gasteiger partial charge in [-0.1, -0.05) is 26.8 Å². The number of aryl methyl sites for hydroxylation is 2. The van der Waals surface area contributed by atoms with Gasteiger partial charge in [-0.3, -0.25) is 0 Å². The molecule has 1 aromatic carbocycles. The Morgan fingerprint density at radius 2 is 1.92 bits per heavy atom. The number of nitrogens with two attached hydrogens (primary N) is 1. The van der Waals surface area contributed by atoms with Crippen molar-refractivity contribution in [2.75, 3.05) is 5.32 Å². The molecule has 2 aromatic rings. The quantitative estimate of drug-likeness (QED) is 0.487. The van der Waals surface area contributed by atoms with Gasteiger partial charge in [-0.15, -0.1) is 11.8 Å². The molecule has 0 radical (unpaired) electrons. The van der Waals surface area contributed by atoms with E-state index in [1.54, 1.807) is 11.8 Å². The van der Waals surface area contributed by atoms with Gasteiger partial charge in [0, 0.05) is 16.6 Å². The van der Waals surface area contributed by atoms with E-state index in [0.717, 1.165) is 16.3 Å². The smallest absolute Gasteiger partial charge is 0.193 e. The monoisotopic (exact) mass is 342 g/mol. The molecule has 0 bridgehead atoms. The number of pyridine rings is 1. The van der Waals surface area contributed by atoms with E-state index in [1.807, 2.05) is 18.3 Å². The lowest BCUT2D eigenvalue weighted by atomic mass is 10.1. The maximum Gasteiger partial charge on any atom is 0.193 e. The molecule has 0 aliphatic heterocycles. The zero-order valence-corrected chi connectivity index (χ0v) is 15.9. The Hall–Kier alpha value is -2.01. The van der Waals surface area contributed by atoms with Crippen LogP contribution in [-0.4, -0.2) is 15.7 Å². The van der Waals surface area contributed by atoms with E-state index in [-0.39, 0.29) is 4.75 Å². The van der Waals surface area contributed by atoms with Gasteiger partial charge in [0.25, 0.3) is 0 Å². The number of anilines is 1. The maximum atomic E-state index is 6.00. The van der Waals surface area contributed by atoms with E-state index in [4.69, 9.17) is 5.73 Å². The molecule has 2 rings (SSSR count). The number of hydrogen-bond donors (Lipinski definition) is 2. The van der Waals surface area contributed by atoms with Crippen LogP contribution in [-0.2, 0) is 6.54 Å². The van der Waals surface area contributed by atoms with Crippen molar-refractivity contribution in [2.45, 2.75) is 50.9 Å². The van der Waals surface area contributed by atoms with Gasteiger partial charge in [-0.25, -0.2) is 9.98 Å². The van der Waals surface area contributed by atoms with Crippen molar-refractivity contribution >= 4 is 23.4 Å². The third-order valence-electron chi connectivity index (χ3n) is 3.42. The van der Waals surface area contributed by atoms with Crippen LogP contribution in [0.4, 0.5) is 5.69 Å². The summed E-state index contributed by atoms with van der Waals surface area (Å²) in [4.78, 5) is 8.83. The molecular weight excluding hydrogens is 316 g/mol. The molecule has 0 aliphatic carbocycles. The summed E-state index contributed by atoms with van der Waals surface area (Å²) in [5, 5.41) is 4.15. The van der Waals surface area contributed by atoms with Crippen LogP contribution in [0, 0.1) is 13.8 Å². The second-order valence-corrected chi connectivity index (χ2v) is 8.69. The standard InChI is InChI=1S/C19H26N4S/c1-13-6-7-16(10-14(13)2)23-18(20)22-12-15-8-9-21-17(11-15)24-19(3,4)5/h6-11H,12H2,1-5H3,(H3,20,22,23). The molecule has 0 fully saturated rings. The lowest BCUT2D eigenvalue weighted by Crippen LogP contribution is -2.22. The maximum absolute atomic E-state index is 6.00. The highest BCUT2D eigenvalue weighted by Crippen LogP contribution is 2.30. The van der Waals surface area contributed by atoms with Gasteiger partial charge in [-0.2, -0.15) is 0 Å². The number of aromatic nitrogens is 1. The zero-order valence-electron chi connectivity index (χ0n) is 15.1. The lowest BCUT2D eigenvalue weighted by molar-refractivity contribution is 0.798. The van der Waals surface area contributed by atoms with E-state index in [2.05, 4.69) is 68.1 Å². The van der Waals surface area contributed by atoms with E-state index in [1.165, 1.54) is 11.1 Å². The third-order valence-corrected chi connectivity index (χ3v) is 4.47. The van der Waals surface area contributed by atoms with Crippen LogP contribution in [0.15, 0.2) is 46.5 Å². The van der Waals surface area contributed by atoms with E-state index >= 15 is 0 Å². The largest absolute Gasteiger partial charge is 0.370 e. The van der Waals surface area contributed by atoms with Crippen molar-refractivity contribution in [3.63, 3.8) is 0 Å². The first-order chi connectivity index (χ1) is 11.2. The van der Waals surface area contributed by atoms with Gasteiger partial charge in [0.15, 0.2) is 5.96 Å². The van der Waals surface area contributed by atoms with Crippen molar-refractivity contribution in [1.82, 2.24) is 4.98 Å². The van der Waals surface area contributed by atoms with Crippen LogP contribution < -0.4 is 11.1 Å². The Labute approximate surface area is 149 Å². The molecule has 3 N–H and O–H groups in total. The number of thioether (sulfide) groups is 1. The highest BCUT2D eigenvalue weighted by Gasteiger charge is 2.13. The molecule has 5 heteroatoms. The molecule has 0 atom stereocenters. The van der Waals surface area contributed by atoms with E-state index in [0.29, 0.717) is 12.5 Å². The summed E-state index contributed by atoms with van der Waals surface area (Å²) >= 11 is 1.75. The summed E-state index contributed by atoms with van der Waals surface area (Å²) in [5.74, 6) is 0.417. The highest BCUT2D eigenvalue weighted by atomic mass is 32.2. The molecule has 24 heavy (non-hydrogen) atoms. The SMILES string of the molecule is Cc1ccc(NC(N)=NCc2ccnc(SC(C)(C)C)c2)cc1C. The average Bonchev–Trinajstić information content (AvgIpc) is 2.48. The molecule has 4 nitrogen and oxygen atoms in total. The van der Waals surface area contributed by atoms with Crippen LogP contribution in [0.3, 0.4) is 0 Å². The Morgan fingerprint density at radius 1 is 1.17 bits per heavy atom. The van der Waals surface area contributed by atoms with Crippen LogP contribution in [0.25, 0.3) is 0 Å². The Kier molecular flexibility index (Phi) is 5.89. The number of nitrogens with one attached hydrogen (secondary N) is 1. The van der Waals surface area contributed by atoms with Gasteiger partial charge < -0.3 is 11.1 Å². The Morgan fingerprint density at radius 3 is 2.58 bits per heavy atom. The summed E-state index contributed by atoms with van der Waals surface area (Å²) in [6.45, 7) is 11.2. The molecule has 0 amide bonds. The third kappa shape index (κ3) is 5.89. The molecule has 0 saturated carbocycles. The summed E-state index contributed by atoms with van der Waals surface area (Å²) in [5.41, 5.74) is 10.5. The van der Waals surface area contributed by atoms with Gasteiger partial charge in [0.05, 0.1) is 11.6 Å². The predicted molar refractivity (Wildman–Crippen MR) is 105 cm³/mol. The van der Waals surface area contributed by atoms with E-state index < -0.39 is 0 Å². The number of aliphatic imine (C=N–C) groups is 1. The topological polar surface area (TPSA) is 63.3 Å². The summed E-state index contributed by atoms with van der Waals surface area (Å²) < 4.78 is 0.138. The summed E-state index contributed by atoms with van der Waals surface area (Å²) in [6, 6.07) is 10.2. The fourth-order valence-corrected chi connectivity index (χ4v) is 3.05. The first kappa shape index (κ1) is 18.3. The van der Waals surface area contributed by atoms with Crippen LogP contribution in [0.2, 0.25) is 0 Å². The highest BCUT2D eigenvalue weighted by molar-refractivity contribution is 8.00. The zero-order chi connectivity index (χ0) is 17.7. The van der Waals surface area contributed by atoms with E-state index in [9.17, 15) is 0 Å². The first-order valence-corrected chi connectivity index (χ1v) is 8.83. The lowest BCUT2D eigenvalue weighted by Gasteiger charge is -2.16. The van der Waals surface area contributed by atoms with Crippen molar-refractivity contribution < 1.29 is 0 Å². The minimum Gasteiger partial charge on any atom is -0.370 e. The molecule has 0 saturated heterocycles. The van der Waals surface area contributed by atoms with Crippen molar-refractivity contribution in [3.8, 4) is 0 Å². The average molecular weight is 343 g/mol. The Bertz CT molecular complexity index is 732. The van der Waals surface area contributed by atoms with Crippen LogP contribution in [0.5, 0.6) is 0 Å². The van der Waals surface area contributed by atoms with Gasteiger partial charge in [0.1, 0.15) is 0 Å². The van der Waals surface area contributed by atoms with Crippen molar-refractivity contribution in [3.05, 3.63) is 53.2 Å². The predicted octanol–water partition coefficient (Wildman–Crippen LogP) is 4.52. The second-order valence-electron chi connectivity index (χ2n) is 6.84. The number of benzene rings is 1. The minimum absolute atomic E-state index is 0.138. The van der Waals surface area contributed by atoms with Crippen LogP contribution >= 0.6 is 11.8 Å². The first-order valence-electron chi connectivity index (χ1n) is 8.01. The minimum atomic E-state index is 0.138. The van der Waals surface area contributed by atoms with Crippen molar-refractivity contribution in [1.29, 1.82) is 0 Å². The normalized spacial score (nSPS) is 12.3. The number of nitrogens with zero attached hydrogens (tertiary/aromatic N) is 2.